The standard InChI is InChI=1S/C9H17NO2S/c1-4-13(11,12)10-6-8(2)5-9(3)7-10/h4,8-9H,1,5-7H2,2-3H3. The van der Waals surface area contributed by atoms with Gasteiger partial charge in [0.2, 0.25) is 10.0 Å². The molecule has 1 aliphatic heterocycles. The summed E-state index contributed by atoms with van der Waals surface area (Å²) in [6.07, 6.45) is 1.11. The average Bonchev–Trinajstić information content (AvgIpc) is 2.02. The quantitative estimate of drug-likeness (QED) is 0.681. The van der Waals surface area contributed by atoms with E-state index in [0.29, 0.717) is 24.9 Å². The number of hydrogen-bond donors (Lipinski definition) is 0. The van der Waals surface area contributed by atoms with E-state index in [9.17, 15) is 8.42 Å². The largest absolute Gasteiger partial charge is 0.235 e. The lowest BCUT2D eigenvalue weighted by molar-refractivity contribution is 0.224. The van der Waals surface area contributed by atoms with Gasteiger partial charge in [0.1, 0.15) is 0 Å². The van der Waals surface area contributed by atoms with Gasteiger partial charge in [-0.2, -0.15) is 4.31 Å². The lowest BCUT2D eigenvalue weighted by Crippen LogP contribution is -2.41. The molecule has 1 aliphatic rings. The molecule has 0 aromatic heterocycles. The second-order valence-electron chi connectivity index (χ2n) is 3.97. The van der Waals surface area contributed by atoms with E-state index in [-0.39, 0.29) is 0 Å². The molecule has 0 aliphatic carbocycles. The van der Waals surface area contributed by atoms with Gasteiger partial charge >= 0.3 is 0 Å². The monoisotopic (exact) mass is 203 g/mol. The van der Waals surface area contributed by atoms with Crippen molar-refractivity contribution in [1.29, 1.82) is 0 Å². The molecule has 76 valence electrons. The highest BCUT2D eigenvalue weighted by Crippen LogP contribution is 2.23. The first-order chi connectivity index (χ1) is 5.95. The Morgan fingerprint density at radius 1 is 1.31 bits per heavy atom. The van der Waals surface area contributed by atoms with E-state index >= 15 is 0 Å². The molecular weight excluding hydrogens is 186 g/mol. The summed E-state index contributed by atoms with van der Waals surface area (Å²) < 4.78 is 24.4. The summed E-state index contributed by atoms with van der Waals surface area (Å²) in [5.41, 5.74) is 0. The van der Waals surface area contributed by atoms with Crippen molar-refractivity contribution in [3.8, 4) is 0 Å². The Hall–Kier alpha value is -0.350. The fourth-order valence-corrected chi connectivity index (χ4v) is 3.05. The van der Waals surface area contributed by atoms with Gasteiger partial charge in [-0.25, -0.2) is 8.42 Å². The van der Waals surface area contributed by atoms with Gasteiger partial charge in [0.15, 0.2) is 0 Å². The Kier molecular flexibility index (Phi) is 3.14. The molecule has 2 unspecified atom stereocenters. The molecule has 13 heavy (non-hydrogen) atoms. The van der Waals surface area contributed by atoms with E-state index in [1.54, 1.807) is 0 Å². The molecule has 0 spiro atoms. The zero-order valence-electron chi connectivity index (χ0n) is 8.23. The zero-order valence-corrected chi connectivity index (χ0v) is 9.05. The first-order valence-electron chi connectivity index (χ1n) is 4.58. The highest BCUT2D eigenvalue weighted by atomic mass is 32.2. The van der Waals surface area contributed by atoms with Crippen LogP contribution in [0.1, 0.15) is 20.3 Å². The molecule has 3 nitrogen and oxygen atoms in total. The minimum Gasteiger partial charge on any atom is -0.208 e. The minimum absolute atomic E-state index is 0.457. The predicted octanol–water partition coefficient (Wildman–Crippen LogP) is 1.44. The summed E-state index contributed by atoms with van der Waals surface area (Å²) in [7, 11) is -3.19. The summed E-state index contributed by atoms with van der Waals surface area (Å²) in [5, 5.41) is 1.04. The molecule has 1 heterocycles. The van der Waals surface area contributed by atoms with Crippen LogP contribution in [0.5, 0.6) is 0 Å². The van der Waals surface area contributed by atoms with Crippen molar-refractivity contribution in [1.82, 2.24) is 4.31 Å². The summed E-state index contributed by atoms with van der Waals surface area (Å²) in [6, 6.07) is 0. The van der Waals surface area contributed by atoms with E-state index < -0.39 is 10.0 Å². The molecule has 0 radical (unpaired) electrons. The van der Waals surface area contributed by atoms with Crippen LogP contribution in [0.4, 0.5) is 0 Å². The van der Waals surface area contributed by atoms with Crippen LogP contribution in [-0.4, -0.2) is 25.8 Å². The smallest absolute Gasteiger partial charge is 0.208 e. The first-order valence-corrected chi connectivity index (χ1v) is 6.08. The maximum atomic E-state index is 11.5. The van der Waals surface area contributed by atoms with Crippen LogP contribution in [-0.2, 0) is 10.0 Å². The van der Waals surface area contributed by atoms with E-state index in [0.717, 1.165) is 11.8 Å². The van der Waals surface area contributed by atoms with Crippen molar-refractivity contribution in [3.63, 3.8) is 0 Å². The van der Waals surface area contributed by atoms with Crippen LogP contribution in [0.15, 0.2) is 12.0 Å². The third-order valence-electron chi connectivity index (χ3n) is 2.41. The molecule has 0 N–H and O–H groups in total. The van der Waals surface area contributed by atoms with E-state index in [2.05, 4.69) is 20.4 Å². The normalized spacial score (nSPS) is 31.5. The molecule has 0 aromatic carbocycles. The van der Waals surface area contributed by atoms with Gasteiger partial charge in [0.05, 0.1) is 0 Å². The molecule has 1 saturated heterocycles. The summed E-state index contributed by atoms with van der Waals surface area (Å²) in [5.74, 6) is 0.914. The molecule has 1 fully saturated rings. The lowest BCUT2D eigenvalue weighted by atomic mass is 9.94. The third-order valence-corrected chi connectivity index (χ3v) is 3.85. The van der Waals surface area contributed by atoms with Gasteiger partial charge in [0.25, 0.3) is 0 Å². The molecule has 0 aromatic rings. The summed E-state index contributed by atoms with van der Waals surface area (Å²) >= 11 is 0. The van der Waals surface area contributed by atoms with Crippen LogP contribution in [0, 0.1) is 11.8 Å². The van der Waals surface area contributed by atoms with Gasteiger partial charge in [-0.15, -0.1) is 0 Å². The van der Waals surface area contributed by atoms with Gasteiger partial charge < -0.3 is 0 Å². The molecule has 1 rings (SSSR count). The van der Waals surface area contributed by atoms with Crippen molar-refractivity contribution < 1.29 is 8.42 Å². The highest BCUT2D eigenvalue weighted by Gasteiger charge is 2.28. The molecule has 0 amide bonds. The number of sulfonamides is 1. The summed E-state index contributed by atoms with van der Waals surface area (Å²) in [6.45, 7) is 8.77. The minimum atomic E-state index is -3.19. The Morgan fingerprint density at radius 2 is 1.77 bits per heavy atom. The van der Waals surface area contributed by atoms with Gasteiger partial charge in [-0.05, 0) is 18.3 Å². The van der Waals surface area contributed by atoms with Crippen LogP contribution < -0.4 is 0 Å². The van der Waals surface area contributed by atoms with Crippen LogP contribution in [0.25, 0.3) is 0 Å². The van der Waals surface area contributed by atoms with Crippen molar-refractivity contribution in [2.75, 3.05) is 13.1 Å². The second-order valence-corrected chi connectivity index (χ2v) is 5.85. The molecule has 0 saturated carbocycles. The Bertz CT molecular complexity index is 274. The van der Waals surface area contributed by atoms with E-state index in [1.807, 2.05) is 0 Å². The number of piperidine rings is 1. The van der Waals surface area contributed by atoms with Crippen LogP contribution >= 0.6 is 0 Å². The third kappa shape index (κ3) is 2.54. The van der Waals surface area contributed by atoms with Crippen molar-refractivity contribution in [3.05, 3.63) is 12.0 Å². The first kappa shape index (κ1) is 10.7. The molecular formula is C9H17NO2S. The number of nitrogens with zero attached hydrogens (tertiary/aromatic N) is 1. The van der Waals surface area contributed by atoms with Crippen molar-refractivity contribution >= 4 is 10.0 Å². The number of hydrogen-bond acceptors (Lipinski definition) is 2. The fourth-order valence-electron chi connectivity index (χ4n) is 1.92. The lowest BCUT2D eigenvalue weighted by Gasteiger charge is -2.33. The fraction of sp³-hybridized carbons (Fsp3) is 0.778. The molecule has 0 bridgehead atoms. The second kappa shape index (κ2) is 3.80. The highest BCUT2D eigenvalue weighted by molar-refractivity contribution is 7.92. The average molecular weight is 203 g/mol. The number of rotatable bonds is 2. The zero-order chi connectivity index (χ0) is 10.1. The molecule has 2 atom stereocenters. The topological polar surface area (TPSA) is 37.4 Å². The van der Waals surface area contributed by atoms with Gasteiger partial charge in [-0.1, -0.05) is 20.4 Å². The Balaban J connectivity index is 2.76. The van der Waals surface area contributed by atoms with Crippen molar-refractivity contribution in [2.45, 2.75) is 20.3 Å². The predicted molar refractivity (Wildman–Crippen MR) is 53.6 cm³/mol. The Morgan fingerprint density at radius 3 is 2.15 bits per heavy atom. The van der Waals surface area contributed by atoms with Crippen molar-refractivity contribution in [2.24, 2.45) is 11.8 Å². The summed E-state index contributed by atoms with van der Waals surface area (Å²) in [4.78, 5) is 0. The SMILES string of the molecule is C=CS(=O)(=O)N1CC(C)CC(C)C1. The maximum absolute atomic E-state index is 11.5. The Labute approximate surface area is 80.5 Å². The van der Waals surface area contributed by atoms with Gasteiger partial charge in [-0.3, -0.25) is 0 Å². The van der Waals surface area contributed by atoms with E-state index in [1.165, 1.54) is 4.31 Å². The maximum Gasteiger partial charge on any atom is 0.235 e. The van der Waals surface area contributed by atoms with E-state index in [4.69, 9.17) is 0 Å². The van der Waals surface area contributed by atoms with Crippen LogP contribution in [0.3, 0.4) is 0 Å². The van der Waals surface area contributed by atoms with Crippen LogP contribution in [0.2, 0.25) is 0 Å². The molecule has 4 heteroatoms. The van der Waals surface area contributed by atoms with Gasteiger partial charge in [0, 0.05) is 18.5 Å².